The molecule has 0 aliphatic carbocycles. The second-order valence-corrected chi connectivity index (χ2v) is 4.92. The minimum atomic E-state index is -0.648. The molecule has 0 aliphatic rings. The highest BCUT2D eigenvalue weighted by atomic mass is 16.5. The summed E-state index contributed by atoms with van der Waals surface area (Å²) in [4.78, 5) is 23.0. The van der Waals surface area contributed by atoms with E-state index in [1.807, 2.05) is 36.4 Å². The van der Waals surface area contributed by atoms with E-state index in [4.69, 9.17) is 5.21 Å². The van der Waals surface area contributed by atoms with Crippen LogP contribution >= 0.6 is 0 Å². The van der Waals surface area contributed by atoms with Gasteiger partial charge in [0.1, 0.15) is 0 Å². The van der Waals surface area contributed by atoms with Crippen molar-refractivity contribution in [2.45, 2.75) is 0 Å². The van der Waals surface area contributed by atoms with Crippen LogP contribution in [0.15, 0.2) is 71.9 Å². The molecule has 0 bridgehead atoms. The third-order valence-electron chi connectivity index (χ3n) is 3.10. The van der Waals surface area contributed by atoms with Gasteiger partial charge in [-0.3, -0.25) is 14.8 Å². The highest BCUT2D eigenvalue weighted by molar-refractivity contribution is 5.96. The summed E-state index contributed by atoms with van der Waals surface area (Å²) < 4.78 is 0. The van der Waals surface area contributed by atoms with Gasteiger partial charge in [-0.2, -0.15) is 5.10 Å². The molecule has 0 heterocycles. The third-order valence-corrected chi connectivity index (χ3v) is 3.10. The van der Waals surface area contributed by atoms with Crippen LogP contribution in [0.1, 0.15) is 21.5 Å². The first kappa shape index (κ1) is 17.8. The molecule has 126 valence electrons. The van der Waals surface area contributed by atoms with Gasteiger partial charge in [-0.25, -0.2) is 10.9 Å². The summed E-state index contributed by atoms with van der Waals surface area (Å²) in [5, 5.41) is 12.3. The fourth-order valence-electron chi connectivity index (χ4n) is 1.91. The number of allylic oxidation sites excluding steroid dienone is 1. The Labute approximate surface area is 145 Å². The Balaban J connectivity index is 1.92. The zero-order valence-corrected chi connectivity index (χ0v) is 13.3. The van der Waals surface area contributed by atoms with Crippen molar-refractivity contribution in [1.82, 2.24) is 10.9 Å². The predicted octanol–water partition coefficient (Wildman–Crippen LogP) is 2.63. The highest BCUT2D eigenvalue weighted by Gasteiger charge is 2.03. The molecule has 0 spiro atoms. The van der Waals surface area contributed by atoms with Crippen LogP contribution in [0.25, 0.3) is 12.2 Å². The fraction of sp³-hybridized carbons (Fsp3) is 0. The van der Waals surface area contributed by atoms with Crippen LogP contribution < -0.4 is 10.9 Å². The molecule has 0 aromatic heterocycles. The molecule has 2 aromatic rings. The molecule has 0 saturated carbocycles. The van der Waals surface area contributed by atoms with Crippen LogP contribution in [0.3, 0.4) is 0 Å². The number of hydrogen-bond donors (Lipinski definition) is 3. The van der Waals surface area contributed by atoms with E-state index in [0.29, 0.717) is 11.1 Å². The van der Waals surface area contributed by atoms with E-state index in [-0.39, 0.29) is 5.91 Å². The Morgan fingerprint density at radius 2 is 1.72 bits per heavy atom. The van der Waals surface area contributed by atoms with Crippen LogP contribution in [0, 0.1) is 0 Å². The molecule has 0 saturated heterocycles. The molecular formula is C19H17N3O3. The van der Waals surface area contributed by atoms with Crippen LogP contribution in [0.4, 0.5) is 0 Å². The second kappa shape index (κ2) is 9.59. The van der Waals surface area contributed by atoms with Crippen molar-refractivity contribution in [3.05, 3.63) is 83.4 Å². The molecule has 3 N–H and O–H groups in total. The van der Waals surface area contributed by atoms with Crippen LogP contribution in [0.2, 0.25) is 0 Å². The van der Waals surface area contributed by atoms with Gasteiger partial charge in [0.05, 0.1) is 0 Å². The van der Waals surface area contributed by atoms with E-state index in [1.165, 1.54) is 17.8 Å². The summed E-state index contributed by atoms with van der Waals surface area (Å²) in [6, 6.07) is 16.4. The molecule has 0 atom stereocenters. The predicted molar refractivity (Wildman–Crippen MR) is 96.8 cm³/mol. The van der Waals surface area contributed by atoms with E-state index in [1.54, 1.807) is 30.3 Å². The molecule has 0 fully saturated rings. The lowest BCUT2D eigenvalue weighted by molar-refractivity contribution is -0.124. The van der Waals surface area contributed by atoms with Gasteiger partial charge in [0.2, 0.25) is 0 Å². The van der Waals surface area contributed by atoms with Crippen molar-refractivity contribution < 1.29 is 14.8 Å². The number of carbonyl (C=O) groups is 2. The topological polar surface area (TPSA) is 90.8 Å². The van der Waals surface area contributed by atoms with E-state index >= 15 is 0 Å². The number of hydroxylamine groups is 1. The maximum atomic E-state index is 12.0. The number of hydrogen-bond acceptors (Lipinski definition) is 4. The van der Waals surface area contributed by atoms with Crippen LogP contribution in [-0.2, 0) is 4.79 Å². The Kier molecular flexibility index (Phi) is 6.84. The van der Waals surface area contributed by atoms with Gasteiger partial charge in [0.25, 0.3) is 11.8 Å². The van der Waals surface area contributed by atoms with E-state index in [0.717, 1.165) is 11.6 Å². The average molecular weight is 335 g/mol. The lowest BCUT2D eigenvalue weighted by Gasteiger charge is -2.01. The lowest BCUT2D eigenvalue weighted by Crippen LogP contribution is -2.17. The molecule has 2 amide bonds. The number of benzene rings is 2. The first-order chi connectivity index (χ1) is 12.2. The molecule has 25 heavy (non-hydrogen) atoms. The summed E-state index contributed by atoms with van der Waals surface area (Å²) in [6.07, 6.45) is 7.72. The molecule has 0 unspecified atom stereocenters. The van der Waals surface area contributed by atoms with Crippen LogP contribution in [-0.4, -0.2) is 23.2 Å². The van der Waals surface area contributed by atoms with Crippen molar-refractivity contribution in [3.63, 3.8) is 0 Å². The average Bonchev–Trinajstić information content (AvgIpc) is 2.66. The Hall–Kier alpha value is -3.51. The van der Waals surface area contributed by atoms with Gasteiger partial charge in [-0.1, -0.05) is 48.5 Å². The minimum Gasteiger partial charge on any atom is -0.288 e. The molecule has 0 radical (unpaired) electrons. The number of rotatable bonds is 6. The zero-order chi connectivity index (χ0) is 17.9. The Bertz CT molecular complexity index is 812. The number of nitrogens with one attached hydrogen (secondary N) is 2. The van der Waals surface area contributed by atoms with Crippen molar-refractivity contribution >= 4 is 30.2 Å². The standard InChI is InChI=1S/C19H17N3O3/c23-18(22-25)12-11-16-8-4-10-17(14-16)19(24)21-20-13-5-9-15-6-2-1-3-7-15/h1-14,25H,(H,21,24)(H,22,23)/b9-5+,12-11+,20-13+. The van der Waals surface area contributed by atoms with Gasteiger partial charge < -0.3 is 0 Å². The summed E-state index contributed by atoms with van der Waals surface area (Å²) in [6.45, 7) is 0. The van der Waals surface area contributed by atoms with Crippen molar-refractivity contribution in [1.29, 1.82) is 0 Å². The zero-order valence-electron chi connectivity index (χ0n) is 13.3. The van der Waals surface area contributed by atoms with E-state index in [9.17, 15) is 9.59 Å². The number of amides is 2. The monoisotopic (exact) mass is 335 g/mol. The second-order valence-electron chi connectivity index (χ2n) is 4.92. The number of carbonyl (C=O) groups excluding carboxylic acids is 2. The van der Waals surface area contributed by atoms with Gasteiger partial charge in [0.15, 0.2) is 0 Å². The molecule has 2 rings (SSSR count). The lowest BCUT2D eigenvalue weighted by atomic mass is 10.1. The molecule has 2 aromatic carbocycles. The summed E-state index contributed by atoms with van der Waals surface area (Å²) in [7, 11) is 0. The van der Waals surface area contributed by atoms with Gasteiger partial charge in [-0.15, -0.1) is 0 Å². The van der Waals surface area contributed by atoms with Crippen molar-refractivity contribution in [2.24, 2.45) is 5.10 Å². The molecule has 0 aliphatic heterocycles. The van der Waals surface area contributed by atoms with Gasteiger partial charge in [-0.05, 0) is 35.4 Å². The van der Waals surface area contributed by atoms with Gasteiger partial charge in [0, 0.05) is 17.9 Å². The first-order valence-electron chi connectivity index (χ1n) is 7.46. The first-order valence-corrected chi connectivity index (χ1v) is 7.46. The molecule has 6 heteroatoms. The maximum Gasteiger partial charge on any atom is 0.271 e. The summed E-state index contributed by atoms with van der Waals surface area (Å²) in [5.41, 5.74) is 5.99. The maximum absolute atomic E-state index is 12.0. The summed E-state index contributed by atoms with van der Waals surface area (Å²) >= 11 is 0. The smallest absolute Gasteiger partial charge is 0.271 e. The quantitative estimate of drug-likeness (QED) is 0.328. The Morgan fingerprint density at radius 3 is 2.48 bits per heavy atom. The van der Waals surface area contributed by atoms with E-state index < -0.39 is 5.91 Å². The molecule has 6 nitrogen and oxygen atoms in total. The minimum absolute atomic E-state index is 0.369. The normalized spacial score (nSPS) is 11.2. The van der Waals surface area contributed by atoms with Crippen LogP contribution in [0.5, 0.6) is 0 Å². The number of hydrazone groups is 1. The SMILES string of the molecule is O=C(/C=C/c1cccc(C(=O)N/N=C/C=C/c2ccccc2)c1)NO. The third kappa shape index (κ3) is 6.25. The highest BCUT2D eigenvalue weighted by Crippen LogP contribution is 2.07. The largest absolute Gasteiger partial charge is 0.288 e. The Morgan fingerprint density at radius 1 is 0.960 bits per heavy atom. The fourth-order valence-corrected chi connectivity index (χ4v) is 1.91. The number of nitrogens with zero attached hydrogens (tertiary/aromatic N) is 1. The van der Waals surface area contributed by atoms with Crippen molar-refractivity contribution in [3.8, 4) is 0 Å². The molecular weight excluding hydrogens is 318 g/mol. The van der Waals surface area contributed by atoms with Crippen molar-refractivity contribution in [2.75, 3.05) is 0 Å². The summed E-state index contributed by atoms with van der Waals surface area (Å²) in [5.74, 6) is -1.02. The van der Waals surface area contributed by atoms with E-state index in [2.05, 4.69) is 10.5 Å². The van der Waals surface area contributed by atoms with Gasteiger partial charge >= 0.3 is 0 Å².